The standard InChI is InChI=1S/C20H22N2/c1-4-11-18-17(5-2)22(16-12-7-6-8-13-16)20-15-10-9-14-19(20)21(18)3/h4-5,7,9-15H,2,6,8H2,1,3H3/b11-4-. The van der Waals surface area contributed by atoms with Crippen LogP contribution >= 0.6 is 0 Å². The third kappa shape index (κ3) is 2.31. The van der Waals surface area contributed by atoms with Crippen LogP contribution in [0.5, 0.6) is 0 Å². The fraction of sp³-hybridized carbons (Fsp3) is 0.200. The minimum atomic E-state index is 1.09. The molecule has 1 heterocycles. The number of likely N-dealkylation sites (N-methyl/N-ethyl adjacent to an activating group) is 1. The number of rotatable bonds is 3. The summed E-state index contributed by atoms with van der Waals surface area (Å²) in [5.41, 5.74) is 5.92. The molecule has 0 aromatic heterocycles. The molecule has 0 amide bonds. The second kappa shape index (κ2) is 6.10. The summed E-state index contributed by atoms with van der Waals surface area (Å²) in [5.74, 6) is 0. The number of hydrogen-bond donors (Lipinski definition) is 0. The van der Waals surface area contributed by atoms with Crippen molar-refractivity contribution < 1.29 is 0 Å². The van der Waals surface area contributed by atoms with Gasteiger partial charge in [-0.15, -0.1) is 0 Å². The van der Waals surface area contributed by atoms with Gasteiger partial charge >= 0.3 is 0 Å². The van der Waals surface area contributed by atoms with Crippen LogP contribution in [0.3, 0.4) is 0 Å². The molecule has 1 aliphatic heterocycles. The van der Waals surface area contributed by atoms with Crippen LogP contribution < -0.4 is 9.80 Å². The molecule has 2 nitrogen and oxygen atoms in total. The van der Waals surface area contributed by atoms with E-state index in [0.29, 0.717) is 0 Å². The van der Waals surface area contributed by atoms with Crippen molar-refractivity contribution in [3.63, 3.8) is 0 Å². The van der Waals surface area contributed by atoms with Gasteiger partial charge in [0, 0.05) is 12.7 Å². The van der Waals surface area contributed by atoms with Gasteiger partial charge in [-0.3, -0.25) is 0 Å². The number of anilines is 2. The second-order valence-electron chi connectivity index (χ2n) is 5.47. The SMILES string of the molecule is C=CC1=C(/C=C\C)N(C)c2ccccc2N1C1=CCCC=C1. The Hall–Kier alpha value is -2.48. The Kier molecular flexibility index (Phi) is 4.01. The van der Waals surface area contributed by atoms with E-state index in [-0.39, 0.29) is 0 Å². The molecular weight excluding hydrogens is 268 g/mol. The number of para-hydroxylation sites is 2. The van der Waals surface area contributed by atoms with Crippen LogP contribution in [0.25, 0.3) is 0 Å². The quantitative estimate of drug-likeness (QED) is 0.759. The fourth-order valence-electron chi connectivity index (χ4n) is 3.08. The predicted octanol–water partition coefficient (Wildman–Crippen LogP) is 5.15. The lowest BCUT2D eigenvalue weighted by Gasteiger charge is -2.39. The molecule has 1 aromatic rings. The maximum absolute atomic E-state index is 4.06. The van der Waals surface area contributed by atoms with Gasteiger partial charge in [0.1, 0.15) is 0 Å². The summed E-state index contributed by atoms with van der Waals surface area (Å²) in [5, 5.41) is 0. The first kappa shape index (κ1) is 14.5. The Morgan fingerprint density at radius 3 is 2.50 bits per heavy atom. The van der Waals surface area contributed by atoms with Crippen LogP contribution in [0.4, 0.5) is 11.4 Å². The largest absolute Gasteiger partial charge is 0.341 e. The van der Waals surface area contributed by atoms with Crippen molar-refractivity contribution in [1.82, 2.24) is 0 Å². The Balaban J connectivity index is 2.24. The first-order chi connectivity index (χ1) is 10.8. The highest BCUT2D eigenvalue weighted by molar-refractivity contribution is 5.83. The first-order valence-corrected chi connectivity index (χ1v) is 7.77. The highest BCUT2D eigenvalue weighted by atomic mass is 15.3. The molecular formula is C20H22N2. The number of nitrogens with zero attached hydrogens (tertiary/aromatic N) is 2. The molecule has 0 fully saturated rings. The zero-order chi connectivity index (χ0) is 15.5. The van der Waals surface area contributed by atoms with Crippen molar-refractivity contribution in [2.45, 2.75) is 19.8 Å². The van der Waals surface area contributed by atoms with E-state index in [9.17, 15) is 0 Å². The Morgan fingerprint density at radius 1 is 1.09 bits per heavy atom. The van der Waals surface area contributed by atoms with Crippen molar-refractivity contribution in [1.29, 1.82) is 0 Å². The molecule has 0 saturated heterocycles. The third-order valence-corrected chi connectivity index (χ3v) is 4.10. The minimum absolute atomic E-state index is 1.09. The topological polar surface area (TPSA) is 6.48 Å². The summed E-state index contributed by atoms with van der Waals surface area (Å²) < 4.78 is 0. The summed E-state index contributed by atoms with van der Waals surface area (Å²) in [4.78, 5) is 4.54. The average Bonchev–Trinajstić information content (AvgIpc) is 2.58. The number of benzene rings is 1. The number of hydrogen-bond acceptors (Lipinski definition) is 2. The fourth-order valence-corrected chi connectivity index (χ4v) is 3.08. The summed E-state index contributed by atoms with van der Waals surface area (Å²) in [6.07, 6.45) is 15.1. The lowest BCUT2D eigenvalue weighted by atomic mass is 10.0. The van der Waals surface area contributed by atoms with Crippen molar-refractivity contribution in [2.75, 3.05) is 16.8 Å². The van der Waals surface area contributed by atoms with Crippen molar-refractivity contribution in [3.05, 3.63) is 84.4 Å². The Labute approximate surface area is 133 Å². The van der Waals surface area contributed by atoms with Gasteiger partial charge in [-0.2, -0.15) is 0 Å². The summed E-state index contributed by atoms with van der Waals surface area (Å²) in [6, 6.07) is 8.52. The molecule has 0 unspecified atom stereocenters. The van der Waals surface area contributed by atoms with Crippen molar-refractivity contribution in [3.8, 4) is 0 Å². The van der Waals surface area contributed by atoms with E-state index in [1.54, 1.807) is 0 Å². The minimum Gasteiger partial charge on any atom is -0.341 e. The molecule has 0 saturated carbocycles. The molecule has 3 rings (SSSR count). The summed E-state index contributed by atoms with van der Waals surface area (Å²) in [6.45, 7) is 6.11. The molecule has 2 aliphatic rings. The van der Waals surface area contributed by atoms with Gasteiger partial charge in [0.2, 0.25) is 0 Å². The van der Waals surface area contributed by atoms with Crippen LogP contribution in [0.15, 0.2) is 84.4 Å². The molecule has 0 atom stereocenters. The van der Waals surface area contributed by atoms with E-state index >= 15 is 0 Å². The monoisotopic (exact) mass is 290 g/mol. The van der Waals surface area contributed by atoms with Gasteiger partial charge in [0.25, 0.3) is 0 Å². The number of fused-ring (bicyclic) bond motifs is 1. The molecule has 1 aliphatic carbocycles. The smallest absolute Gasteiger partial charge is 0.0699 e. The second-order valence-corrected chi connectivity index (χ2v) is 5.47. The highest BCUT2D eigenvalue weighted by Crippen LogP contribution is 2.42. The lowest BCUT2D eigenvalue weighted by Crippen LogP contribution is -2.32. The average molecular weight is 290 g/mol. The van der Waals surface area contributed by atoms with E-state index in [2.05, 4.69) is 78.1 Å². The summed E-state index contributed by atoms with van der Waals surface area (Å²) >= 11 is 0. The van der Waals surface area contributed by atoms with Gasteiger partial charge in [-0.1, -0.05) is 36.9 Å². The predicted molar refractivity (Wildman–Crippen MR) is 95.8 cm³/mol. The van der Waals surface area contributed by atoms with Gasteiger partial charge in [0.15, 0.2) is 0 Å². The molecule has 0 bridgehead atoms. The first-order valence-electron chi connectivity index (χ1n) is 7.77. The van der Waals surface area contributed by atoms with E-state index in [4.69, 9.17) is 0 Å². The molecule has 22 heavy (non-hydrogen) atoms. The molecule has 2 heteroatoms. The number of allylic oxidation sites excluding steroid dienone is 6. The molecule has 0 spiro atoms. The highest BCUT2D eigenvalue weighted by Gasteiger charge is 2.27. The zero-order valence-corrected chi connectivity index (χ0v) is 13.3. The Bertz CT molecular complexity index is 704. The Morgan fingerprint density at radius 2 is 1.86 bits per heavy atom. The van der Waals surface area contributed by atoms with E-state index in [0.717, 1.165) is 24.2 Å². The van der Waals surface area contributed by atoms with Crippen molar-refractivity contribution >= 4 is 11.4 Å². The van der Waals surface area contributed by atoms with Gasteiger partial charge in [-0.25, -0.2) is 0 Å². The van der Waals surface area contributed by atoms with Crippen LogP contribution in [0.2, 0.25) is 0 Å². The van der Waals surface area contributed by atoms with Crippen LogP contribution in [-0.4, -0.2) is 7.05 Å². The molecule has 1 aromatic carbocycles. The lowest BCUT2D eigenvalue weighted by molar-refractivity contribution is 0.956. The molecule has 0 N–H and O–H groups in total. The third-order valence-electron chi connectivity index (χ3n) is 4.10. The van der Waals surface area contributed by atoms with Crippen LogP contribution in [-0.2, 0) is 0 Å². The van der Waals surface area contributed by atoms with Gasteiger partial charge < -0.3 is 9.80 Å². The normalized spacial score (nSPS) is 17.8. The molecule has 0 radical (unpaired) electrons. The van der Waals surface area contributed by atoms with E-state index in [1.807, 2.05) is 13.0 Å². The maximum Gasteiger partial charge on any atom is 0.0699 e. The van der Waals surface area contributed by atoms with Crippen LogP contribution in [0, 0.1) is 0 Å². The van der Waals surface area contributed by atoms with Gasteiger partial charge in [-0.05, 0) is 50.1 Å². The van der Waals surface area contributed by atoms with Crippen molar-refractivity contribution in [2.24, 2.45) is 0 Å². The van der Waals surface area contributed by atoms with E-state index in [1.165, 1.54) is 17.1 Å². The van der Waals surface area contributed by atoms with E-state index < -0.39 is 0 Å². The summed E-state index contributed by atoms with van der Waals surface area (Å²) in [7, 11) is 2.11. The molecule has 112 valence electrons. The van der Waals surface area contributed by atoms with Gasteiger partial charge in [0.05, 0.1) is 22.8 Å². The maximum atomic E-state index is 4.06. The van der Waals surface area contributed by atoms with Crippen LogP contribution in [0.1, 0.15) is 19.8 Å². The zero-order valence-electron chi connectivity index (χ0n) is 13.3.